The predicted molar refractivity (Wildman–Crippen MR) is 163 cm³/mol. The van der Waals surface area contributed by atoms with Crippen LogP contribution in [0.1, 0.15) is 11.1 Å². The molecule has 0 unspecified atom stereocenters. The van der Waals surface area contributed by atoms with Crippen LogP contribution in [-0.2, 0) is 22.4 Å². The maximum absolute atomic E-state index is 10.9. The highest BCUT2D eigenvalue weighted by atomic mass is 79.9. The number of thioether (sulfide) groups is 2. The first kappa shape index (κ1) is 30.3. The Bertz CT molecular complexity index is 1190. The van der Waals surface area contributed by atoms with E-state index in [0.29, 0.717) is 0 Å². The van der Waals surface area contributed by atoms with E-state index in [4.69, 9.17) is 15.2 Å². The molecule has 0 aliphatic rings. The van der Waals surface area contributed by atoms with Gasteiger partial charge in [0.1, 0.15) is 11.6 Å². The maximum Gasteiger partial charge on any atom is 0.307 e. The van der Waals surface area contributed by atoms with Crippen molar-refractivity contribution in [2.45, 2.75) is 22.6 Å². The van der Waals surface area contributed by atoms with Crippen LogP contribution in [-0.4, -0.2) is 65.8 Å². The van der Waals surface area contributed by atoms with Crippen molar-refractivity contribution in [1.29, 1.82) is 0 Å². The summed E-state index contributed by atoms with van der Waals surface area (Å²) < 4.78 is 1.82. The molecule has 1 heterocycles. The fourth-order valence-corrected chi connectivity index (χ4v) is 6.97. The Hall–Kier alpha value is -2.21. The Morgan fingerprint density at radius 2 is 1.18 bits per heavy atom. The van der Waals surface area contributed by atoms with E-state index in [1.807, 2.05) is 68.7 Å². The van der Waals surface area contributed by atoms with Crippen LogP contribution in [0.5, 0.6) is 0 Å². The molecule has 0 fully saturated rings. The molecule has 202 valence electrons. The number of rotatable bonds is 14. The van der Waals surface area contributed by atoms with E-state index in [-0.39, 0.29) is 12.8 Å². The van der Waals surface area contributed by atoms with E-state index >= 15 is 0 Å². The smallest absolute Gasteiger partial charge is 0.307 e. The summed E-state index contributed by atoms with van der Waals surface area (Å²) in [6.07, 6.45) is 0.0291. The van der Waals surface area contributed by atoms with Crippen molar-refractivity contribution < 1.29 is 19.8 Å². The quantitative estimate of drug-likeness (QED) is 0.190. The standard InChI is InChI=1S/C27H29Br2N3O4S2/c1-31(10-12-37-22-8-6-18(14-20(22)28)16-26(33)34)24-4-3-5-25(30-24)32(2)11-13-38-23-9-7-19(15-21(23)29)17-27(35)36/h3-9,14-15H,10-13,16-17H2,1-2H3,(H,33,34)(H,35,36). The summed E-state index contributed by atoms with van der Waals surface area (Å²) in [5.41, 5.74) is 1.55. The van der Waals surface area contributed by atoms with E-state index in [2.05, 4.69) is 41.7 Å². The van der Waals surface area contributed by atoms with Gasteiger partial charge in [0.2, 0.25) is 0 Å². The van der Waals surface area contributed by atoms with Gasteiger partial charge in [-0.1, -0.05) is 18.2 Å². The van der Waals surface area contributed by atoms with Gasteiger partial charge in [0, 0.05) is 57.4 Å². The minimum Gasteiger partial charge on any atom is -0.481 e. The molecule has 38 heavy (non-hydrogen) atoms. The van der Waals surface area contributed by atoms with Crippen LogP contribution in [0.25, 0.3) is 0 Å². The summed E-state index contributed by atoms with van der Waals surface area (Å²) in [4.78, 5) is 33.1. The number of hydrogen-bond donors (Lipinski definition) is 2. The molecule has 0 spiro atoms. The third-order valence-electron chi connectivity index (χ3n) is 5.57. The van der Waals surface area contributed by atoms with Gasteiger partial charge in [-0.3, -0.25) is 9.59 Å². The number of benzene rings is 2. The second-order valence-electron chi connectivity index (χ2n) is 8.56. The van der Waals surface area contributed by atoms with Gasteiger partial charge in [-0.15, -0.1) is 23.5 Å². The fourth-order valence-electron chi connectivity index (χ4n) is 3.54. The molecule has 1 aromatic heterocycles. The molecule has 2 N–H and O–H groups in total. The highest BCUT2D eigenvalue weighted by molar-refractivity contribution is 9.10. The fraction of sp³-hybridized carbons (Fsp3) is 0.296. The maximum atomic E-state index is 10.9. The lowest BCUT2D eigenvalue weighted by atomic mass is 10.2. The number of carboxylic acid groups (broad SMARTS) is 2. The lowest BCUT2D eigenvalue weighted by Crippen LogP contribution is -2.24. The van der Waals surface area contributed by atoms with Gasteiger partial charge < -0.3 is 20.0 Å². The summed E-state index contributed by atoms with van der Waals surface area (Å²) in [6, 6.07) is 17.4. The number of aliphatic carboxylic acids is 2. The minimum atomic E-state index is -0.838. The number of carboxylic acids is 2. The van der Waals surface area contributed by atoms with E-state index in [1.165, 1.54) is 0 Å². The molecular weight excluding hydrogens is 654 g/mol. The SMILES string of the molecule is CN(CCSc1ccc(CC(=O)O)cc1Br)c1cccc(N(C)CCSc2ccc(CC(=O)O)cc2Br)n1. The predicted octanol–water partition coefficient (Wildman–Crippen LogP) is 6.32. The normalized spacial score (nSPS) is 10.8. The minimum absolute atomic E-state index is 0.0146. The molecule has 7 nitrogen and oxygen atoms in total. The molecule has 0 amide bonds. The van der Waals surface area contributed by atoms with Crippen LogP contribution < -0.4 is 9.80 Å². The Morgan fingerprint density at radius 3 is 1.55 bits per heavy atom. The number of hydrogen-bond acceptors (Lipinski definition) is 7. The first-order valence-corrected chi connectivity index (χ1v) is 15.3. The number of halogens is 2. The second-order valence-corrected chi connectivity index (χ2v) is 12.5. The van der Waals surface area contributed by atoms with E-state index in [0.717, 1.165) is 66.1 Å². The van der Waals surface area contributed by atoms with Crippen molar-refractivity contribution in [3.8, 4) is 0 Å². The van der Waals surface area contributed by atoms with E-state index in [1.54, 1.807) is 23.5 Å². The van der Waals surface area contributed by atoms with Crippen LogP contribution in [0.15, 0.2) is 73.3 Å². The van der Waals surface area contributed by atoms with Gasteiger partial charge in [0.05, 0.1) is 12.8 Å². The largest absolute Gasteiger partial charge is 0.481 e. The molecule has 0 aliphatic carbocycles. The van der Waals surface area contributed by atoms with Crippen molar-refractivity contribution in [1.82, 2.24) is 4.98 Å². The van der Waals surface area contributed by atoms with Crippen LogP contribution >= 0.6 is 55.4 Å². The number of pyridine rings is 1. The zero-order valence-corrected chi connectivity index (χ0v) is 25.9. The monoisotopic (exact) mass is 681 g/mol. The first-order chi connectivity index (χ1) is 18.1. The van der Waals surface area contributed by atoms with Gasteiger partial charge in [-0.25, -0.2) is 4.98 Å². The van der Waals surface area contributed by atoms with Crippen LogP contribution in [0.4, 0.5) is 11.6 Å². The van der Waals surface area contributed by atoms with Gasteiger partial charge in [-0.2, -0.15) is 0 Å². The van der Waals surface area contributed by atoms with Gasteiger partial charge in [-0.05, 0) is 79.4 Å². The summed E-state index contributed by atoms with van der Waals surface area (Å²) in [5.74, 6) is 1.83. The van der Waals surface area contributed by atoms with Crippen LogP contribution in [0, 0.1) is 0 Å². The molecule has 0 saturated carbocycles. The van der Waals surface area contributed by atoms with Gasteiger partial charge in [0.15, 0.2) is 0 Å². The zero-order chi connectivity index (χ0) is 27.7. The molecule has 2 aromatic carbocycles. The highest BCUT2D eigenvalue weighted by Gasteiger charge is 2.10. The van der Waals surface area contributed by atoms with E-state index < -0.39 is 11.9 Å². The summed E-state index contributed by atoms with van der Waals surface area (Å²) in [7, 11) is 4.05. The molecular formula is C27H29Br2N3O4S2. The summed E-state index contributed by atoms with van der Waals surface area (Å²) in [6.45, 7) is 1.60. The molecule has 0 atom stereocenters. The third-order valence-corrected chi connectivity index (χ3v) is 9.52. The third kappa shape index (κ3) is 9.52. The average Bonchev–Trinajstić information content (AvgIpc) is 2.86. The van der Waals surface area contributed by atoms with Crippen LogP contribution in [0.3, 0.4) is 0 Å². The first-order valence-electron chi connectivity index (χ1n) is 11.8. The lowest BCUT2D eigenvalue weighted by Gasteiger charge is -2.22. The van der Waals surface area contributed by atoms with Gasteiger partial charge in [0.25, 0.3) is 0 Å². The van der Waals surface area contributed by atoms with Crippen molar-refractivity contribution in [2.75, 3.05) is 48.5 Å². The number of aromatic nitrogens is 1. The average molecular weight is 683 g/mol. The van der Waals surface area contributed by atoms with Crippen molar-refractivity contribution in [3.05, 3.63) is 74.7 Å². The number of anilines is 2. The van der Waals surface area contributed by atoms with Gasteiger partial charge >= 0.3 is 11.9 Å². The molecule has 0 aliphatic heterocycles. The Balaban J connectivity index is 1.49. The lowest BCUT2D eigenvalue weighted by molar-refractivity contribution is -0.137. The van der Waals surface area contributed by atoms with Crippen LogP contribution in [0.2, 0.25) is 0 Å². The Kier molecular flexibility index (Phi) is 11.8. The zero-order valence-electron chi connectivity index (χ0n) is 21.1. The molecule has 0 bridgehead atoms. The van der Waals surface area contributed by atoms with Crippen molar-refractivity contribution in [2.24, 2.45) is 0 Å². The number of nitrogens with zero attached hydrogens (tertiary/aromatic N) is 3. The van der Waals surface area contributed by atoms with Crippen molar-refractivity contribution >= 4 is 79.0 Å². The molecule has 0 radical (unpaired) electrons. The van der Waals surface area contributed by atoms with Crippen molar-refractivity contribution in [3.63, 3.8) is 0 Å². The molecule has 3 rings (SSSR count). The highest BCUT2D eigenvalue weighted by Crippen LogP contribution is 2.30. The molecule has 3 aromatic rings. The summed E-state index contributed by atoms with van der Waals surface area (Å²) >= 11 is 10.5. The second kappa shape index (κ2) is 14.8. The number of carbonyl (C=O) groups is 2. The van der Waals surface area contributed by atoms with E-state index in [9.17, 15) is 9.59 Å². The Labute approximate surface area is 248 Å². The Morgan fingerprint density at radius 1 is 0.763 bits per heavy atom. The molecule has 11 heteroatoms. The topological polar surface area (TPSA) is 94.0 Å². The summed E-state index contributed by atoms with van der Waals surface area (Å²) in [5, 5.41) is 17.9. The molecule has 0 saturated heterocycles.